The minimum Gasteiger partial charge on any atom is -0.309 e. The number of rotatable bonds is 8. The van der Waals surface area contributed by atoms with Gasteiger partial charge in [-0.3, -0.25) is 9.55 Å². The molecule has 0 bridgehead atoms. The lowest BCUT2D eigenvalue weighted by atomic mass is 9.64. The molecule has 3 aromatic heterocycles. The number of pyridine rings is 1. The highest BCUT2D eigenvalue weighted by Gasteiger charge is 2.38. The van der Waals surface area contributed by atoms with E-state index in [4.69, 9.17) is 4.98 Å². The van der Waals surface area contributed by atoms with Crippen LogP contribution in [0.1, 0.15) is 43.4 Å². The largest absolute Gasteiger partial charge is 0.309 e. The van der Waals surface area contributed by atoms with Gasteiger partial charge >= 0.3 is 0 Å². The van der Waals surface area contributed by atoms with Gasteiger partial charge in [0.2, 0.25) is 0 Å². The van der Waals surface area contributed by atoms with Crippen LogP contribution in [0.15, 0.2) is 333 Å². The fraction of sp³-hybridized carbons (Fsp3) is 0.0652. The highest BCUT2D eigenvalue weighted by molar-refractivity contribution is 6.22. The van der Waals surface area contributed by atoms with Gasteiger partial charge in [-0.15, -0.1) is 0 Å². The highest BCUT2D eigenvalue weighted by atomic mass is 15.1. The number of hydrogen-bond acceptors (Lipinski definition) is 2. The third kappa shape index (κ3) is 9.58. The smallest absolute Gasteiger partial charge is 0.145 e. The molecule has 2 atom stereocenters. The number of hydrogen-bond donors (Lipinski definition) is 0. The maximum absolute atomic E-state index is 5.09. The SMILES string of the molecule is CC(C)(C)C1=CC2C=Cc3c(-c4cccc(-n5c6ccccc6c6ccccc65)c4)cc(-c4ccc(-c5cccnc5)cc4)c4c3C2C(=C1)C=C4.c1ccc(-n2c(-c3ccc(-c4c5ccccc5c(-c5ccc6ccccc6c5)c5ccccc45)cc3)nc3ccccc32)cc1. The van der Waals surface area contributed by atoms with Gasteiger partial charge in [0.15, 0.2) is 0 Å². The Morgan fingerprint density at radius 2 is 0.927 bits per heavy atom. The molecule has 4 heteroatoms. The van der Waals surface area contributed by atoms with E-state index in [9.17, 15) is 0 Å². The highest BCUT2D eigenvalue weighted by Crippen LogP contribution is 2.54. The molecule has 3 heterocycles. The molecule has 0 fully saturated rings. The number of aromatic nitrogens is 4. The van der Waals surface area contributed by atoms with E-state index in [0.717, 1.165) is 33.7 Å². The Morgan fingerprint density at radius 1 is 0.375 bits per heavy atom. The quantitative estimate of drug-likeness (QED) is 0.142. The van der Waals surface area contributed by atoms with Crippen LogP contribution >= 0.6 is 0 Å². The van der Waals surface area contributed by atoms with Gasteiger partial charge in [-0.2, -0.15) is 0 Å². The van der Waals surface area contributed by atoms with Crippen molar-refractivity contribution in [3.05, 3.63) is 350 Å². The first-order chi connectivity index (χ1) is 47.3. The molecule has 2 unspecified atom stereocenters. The van der Waals surface area contributed by atoms with Gasteiger partial charge in [-0.25, -0.2) is 4.98 Å². The van der Waals surface area contributed by atoms with Crippen LogP contribution < -0.4 is 0 Å². The van der Waals surface area contributed by atoms with Gasteiger partial charge < -0.3 is 4.57 Å². The molecule has 0 saturated carbocycles. The summed E-state index contributed by atoms with van der Waals surface area (Å²) in [7, 11) is 0. The minimum absolute atomic E-state index is 0.0937. The Morgan fingerprint density at radius 3 is 1.61 bits per heavy atom. The average Bonchev–Trinajstić information content (AvgIpc) is 1.15. The van der Waals surface area contributed by atoms with Crippen LogP contribution in [0.3, 0.4) is 0 Å². The molecule has 3 aliphatic rings. The lowest BCUT2D eigenvalue weighted by Crippen LogP contribution is -2.25. The first-order valence-corrected chi connectivity index (χ1v) is 33.4. The van der Waals surface area contributed by atoms with Crippen molar-refractivity contribution in [1.29, 1.82) is 0 Å². The maximum Gasteiger partial charge on any atom is 0.145 e. The second-order valence-electron chi connectivity index (χ2n) is 26.8. The van der Waals surface area contributed by atoms with Gasteiger partial charge in [0.05, 0.1) is 22.1 Å². The van der Waals surface area contributed by atoms with Gasteiger partial charge in [-0.05, 0) is 188 Å². The monoisotopic (exact) mass is 1230 g/mol. The standard InChI is InChI=1S/C49H38N2.C43H28N2/c1-49(2,3)37-26-34-21-23-41-43(32-19-17-31(18-20-32)36-11-9-25-50-30-36)29-44(42-24-22-35(27-37)47(34)48(41)42)33-10-8-12-38(28-33)51-45-15-6-4-13-39(45)40-14-5-7-16-46(40)51;1-2-14-34(15-3-1)45-40-21-11-10-20-39(40)44-43(45)31-25-23-30(24-26-31)41-35-16-6-8-18-37(35)42(38-19-9-7-17-36(38)41)33-27-22-29-12-4-5-13-32(29)28-33/h4-30,35,47H,1-3H3;1-28H. The van der Waals surface area contributed by atoms with E-state index in [1.54, 1.807) is 0 Å². The molecule has 0 radical (unpaired) electrons. The van der Waals surface area contributed by atoms with Crippen molar-refractivity contribution in [2.75, 3.05) is 0 Å². The molecule has 19 rings (SSSR count). The summed E-state index contributed by atoms with van der Waals surface area (Å²) in [5.74, 6) is 1.57. The summed E-state index contributed by atoms with van der Waals surface area (Å²) < 4.78 is 4.68. The predicted molar refractivity (Wildman–Crippen MR) is 405 cm³/mol. The Hall–Kier alpha value is -12.0. The first kappa shape index (κ1) is 56.7. The number of allylic oxidation sites excluding steroid dienone is 6. The third-order valence-electron chi connectivity index (χ3n) is 20.2. The van der Waals surface area contributed by atoms with Crippen LogP contribution in [0.4, 0.5) is 0 Å². The molecular weight excluding hydrogens is 1160 g/mol. The Labute approximate surface area is 559 Å². The number of nitrogens with zero attached hydrogens (tertiary/aromatic N) is 4. The maximum atomic E-state index is 5.09. The topological polar surface area (TPSA) is 35.6 Å². The van der Waals surface area contributed by atoms with Crippen molar-refractivity contribution in [2.45, 2.75) is 26.7 Å². The second-order valence-corrected chi connectivity index (χ2v) is 26.8. The fourth-order valence-corrected chi connectivity index (χ4v) is 15.6. The summed E-state index contributed by atoms with van der Waals surface area (Å²) in [5.41, 5.74) is 27.2. The first-order valence-electron chi connectivity index (χ1n) is 33.4. The molecule has 3 aliphatic carbocycles. The minimum atomic E-state index is 0.0937. The molecule has 13 aromatic carbocycles. The average molecular weight is 1230 g/mol. The summed E-state index contributed by atoms with van der Waals surface area (Å²) in [6, 6.07) is 103. The summed E-state index contributed by atoms with van der Waals surface area (Å²) in [5, 5.41) is 10.1. The van der Waals surface area contributed by atoms with E-state index in [-0.39, 0.29) is 5.41 Å². The molecule has 0 aliphatic heterocycles. The van der Waals surface area contributed by atoms with E-state index >= 15 is 0 Å². The molecule has 0 saturated heterocycles. The van der Waals surface area contributed by atoms with E-state index in [1.807, 2.05) is 18.5 Å². The number of fused-ring (bicyclic) bond motifs is 7. The zero-order valence-electron chi connectivity index (χ0n) is 53.7. The number of para-hydroxylation sites is 5. The zero-order chi connectivity index (χ0) is 64.0. The molecular formula is C92H66N4. The lowest BCUT2D eigenvalue weighted by molar-refractivity contribution is 0.499. The van der Waals surface area contributed by atoms with Crippen molar-refractivity contribution >= 4 is 77.3 Å². The van der Waals surface area contributed by atoms with Crippen LogP contribution in [0.2, 0.25) is 0 Å². The van der Waals surface area contributed by atoms with Gasteiger partial charge in [0.1, 0.15) is 5.82 Å². The van der Waals surface area contributed by atoms with E-state index in [1.165, 1.54) is 138 Å². The number of imidazole rings is 1. The van der Waals surface area contributed by atoms with Crippen LogP contribution in [0.5, 0.6) is 0 Å². The molecule has 0 spiro atoms. The molecule has 96 heavy (non-hydrogen) atoms. The van der Waals surface area contributed by atoms with Gasteiger partial charge in [0, 0.05) is 51.9 Å². The summed E-state index contributed by atoms with van der Waals surface area (Å²) in [6.45, 7) is 6.97. The van der Waals surface area contributed by atoms with Crippen LogP contribution in [-0.4, -0.2) is 19.1 Å². The fourth-order valence-electron chi connectivity index (χ4n) is 15.6. The van der Waals surface area contributed by atoms with Gasteiger partial charge in [0.25, 0.3) is 0 Å². The molecule has 4 nitrogen and oxygen atoms in total. The second kappa shape index (κ2) is 22.9. The van der Waals surface area contributed by atoms with Crippen molar-refractivity contribution in [3.63, 3.8) is 0 Å². The lowest BCUT2D eigenvalue weighted by Gasteiger charge is -2.39. The van der Waals surface area contributed by atoms with Gasteiger partial charge in [-0.1, -0.05) is 276 Å². The van der Waals surface area contributed by atoms with Crippen LogP contribution in [0.25, 0.3) is 156 Å². The van der Waals surface area contributed by atoms with E-state index in [2.05, 4.69) is 350 Å². The summed E-state index contributed by atoms with van der Waals surface area (Å²) >= 11 is 0. The normalized spacial score (nSPS) is 14.7. The molecule has 0 amide bonds. The third-order valence-corrected chi connectivity index (χ3v) is 20.2. The molecule has 0 N–H and O–H groups in total. The van der Waals surface area contributed by atoms with E-state index < -0.39 is 0 Å². The predicted octanol–water partition coefficient (Wildman–Crippen LogP) is 24.3. The number of benzene rings is 13. The molecule has 454 valence electrons. The Balaban J connectivity index is 0.000000141. The molecule has 16 aromatic rings. The van der Waals surface area contributed by atoms with Crippen molar-refractivity contribution in [1.82, 2.24) is 19.1 Å². The zero-order valence-corrected chi connectivity index (χ0v) is 53.7. The van der Waals surface area contributed by atoms with Crippen molar-refractivity contribution in [3.8, 4) is 78.4 Å². The van der Waals surface area contributed by atoms with E-state index in [0.29, 0.717) is 11.8 Å². The van der Waals surface area contributed by atoms with Crippen molar-refractivity contribution in [2.24, 2.45) is 11.3 Å². The van der Waals surface area contributed by atoms with Crippen LogP contribution in [0, 0.1) is 11.3 Å². The van der Waals surface area contributed by atoms with Crippen LogP contribution in [-0.2, 0) is 0 Å². The Kier molecular flexibility index (Phi) is 13.6. The Bertz CT molecular complexity index is 5800. The summed E-state index contributed by atoms with van der Waals surface area (Å²) in [6.07, 6.45) is 18.4. The van der Waals surface area contributed by atoms with Crippen molar-refractivity contribution < 1.29 is 0 Å². The summed E-state index contributed by atoms with van der Waals surface area (Å²) in [4.78, 5) is 9.45.